The van der Waals surface area contributed by atoms with E-state index in [0.29, 0.717) is 5.56 Å². The van der Waals surface area contributed by atoms with E-state index in [9.17, 15) is 24.5 Å². The monoisotopic (exact) mass is 321 g/mol. The molecule has 10 heteroatoms. The van der Waals surface area contributed by atoms with Gasteiger partial charge < -0.3 is 20.2 Å². The zero-order valence-electron chi connectivity index (χ0n) is 12.5. The highest BCUT2D eigenvalue weighted by Crippen LogP contribution is 2.21. The van der Waals surface area contributed by atoms with Crippen LogP contribution in [0.15, 0.2) is 21.7 Å². The quantitative estimate of drug-likeness (QED) is 0.378. The Kier molecular flexibility index (Phi) is 4.55. The fourth-order valence-electron chi connectivity index (χ4n) is 1.99. The number of aromatic amines is 2. The van der Waals surface area contributed by atoms with Crippen molar-refractivity contribution in [2.45, 2.75) is 6.54 Å². The average Bonchev–Trinajstić information content (AvgIpc) is 2.48. The lowest BCUT2D eigenvalue weighted by molar-refractivity contribution is -0.384. The SMILES string of the molecule is CN(C)C(=O)CNCc1cc([N+](=O)[O-])cc2[nH]c(=O)c(=O)[nH]c12. The Morgan fingerprint density at radius 1 is 1.26 bits per heavy atom. The van der Waals surface area contributed by atoms with Crippen LogP contribution in [0.1, 0.15) is 5.56 Å². The minimum Gasteiger partial charge on any atom is -0.348 e. The third kappa shape index (κ3) is 3.61. The van der Waals surface area contributed by atoms with E-state index in [2.05, 4.69) is 15.3 Å². The summed E-state index contributed by atoms with van der Waals surface area (Å²) in [6.45, 7) is 0.143. The summed E-state index contributed by atoms with van der Waals surface area (Å²) >= 11 is 0. The number of aromatic nitrogens is 2. The van der Waals surface area contributed by atoms with Gasteiger partial charge in [-0.3, -0.25) is 24.5 Å². The molecule has 0 bridgehead atoms. The molecular weight excluding hydrogens is 306 g/mol. The van der Waals surface area contributed by atoms with Gasteiger partial charge in [0.1, 0.15) is 0 Å². The molecular formula is C13H15N5O5. The zero-order valence-corrected chi connectivity index (χ0v) is 12.5. The summed E-state index contributed by atoms with van der Waals surface area (Å²) in [5, 5.41) is 13.8. The van der Waals surface area contributed by atoms with E-state index in [1.54, 1.807) is 14.1 Å². The van der Waals surface area contributed by atoms with Gasteiger partial charge in [0, 0.05) is 32.8 Å². The van der Waals surface area contributed by atoms with Gasteiger partial charge in [-0.1, -0.05) is 0 Å². The highest BCUT2D eigenvalue weighted by Gasteiger charge is 2.14. The van der Waals surface area contributed by atoms with E-state index < -0.39 is 16.0 Å². The Bertz CT molecular complexity index is 882. The van der Waals surface area contributed by atoms with Gasteiger partial charge in [-0.25, -0.2) is 0 Å². The molecule has 2 aromatic rings. The first-order chi connectivity index (χ1) is 10.8. The number of nitro benzene ring substituents is 1. The van der Waals surface area contributed by atoms with Crippen LogP contribution in [0, 0.1) is 10.1 Å². The normalized spacial score (nSPS) is 10.7. The highest BCUT2D eigenvalue weighted by molar-refractivity contribution is 5.81. The van der Waals surface area contributed by atoms with Gasteiger partial charge in [-0.05, 0) is 5.56 Å². The summed E-state index contributed by atoms with van der Waals surface area (Å²) in [4.78, 5) is 50.8. The number of amides is 1. The maximum Gasteiger partial charge on any atom is 0.314 e. The number of likely N-dealkylation sites (N-methyl/N-ethyl adjacent to an activating group) is 1. The zero-order chi connectivity index (χ0) is 17.1. The van der Waals surface area contributed by atoms with Crippen molar-refractivity contribution in [1.82, 2.24) is 20.2 Å². The van der Waals surface area contributed by atoms with E-state index in [1.807, 2.05) is 0 Å². The lowest BCUT2D eigenvalue weighted by Gasteiger charge is -2.11. The third-order valence-corrected chi connectivity index (χ3v) is 3.20. The molecule has 3 N–H and O–H groups in total. The Morgan fingerprint density at radius 2 is 1.91 bits per heavy atom. The molecule has 2 rings (SSSR count). The fraction of sp³-hybridized carbons (Fsp3) is 0.308. The molecule has 1 aromatic carbocycles. The van der Waals surface area contributed by atoms with Gasteiger partial charge in [0.15, 0.2) is 0 Å². The van der Waals surface area contributed by atoms with Crippen molar-refractivity contribution >= 4 is 22.6 Å². The first-order valence-corrected chi connectivity index (χ1v) is 6.64. The summed E-state index contributed by atoms with van der Waals surface area (Å²) in [6, 6.07) is 2.45. The van der Waals surface area contributed by atoms with E-state index in [1.165, 1.54) is 17.0 Å². The van der Waals surface area contributed by atoms with Crippen molar-refractivity contribution in [3.05, 3.63) is 48.5 Å². The van der Waals surface area contributed by atoms with Crippen molar-refractivity contribution in [2.24, 2.45) is 0 Å². The summed E-state index contributed by atoms with van der Waals surface area (Å²) in [5.41, 5.74) is -1.13. The lowest BCUT2D eigenvalue weighted by atomic mass is 10.1. The Morgan fingerprint density at radius 3 is 2.52 bits per heavy atom. The molecule has 0 atom stereocenters. The molecule has 0 aliphatic carbocycles. The smallest absolute Gasteiger partial charge is 0.314 e. The number of benzene rings is 1. The minimum absolute atomic E-state index is 0.0325. The van der Waals surface area contributed by atoms with Crippen LogP contribution in [-0.2, 0) is 11.3 Å². The number of fused-ring (bicyclic) bond motifs is 1. The third-order valence-electron chi connectivity index (χ3n) is 3.20. The molecule has 122 valence electrons. The van der Waals surface area contributed by atoms with Crippen LogP contribution in [0.25, 0.3) is 11.0 Å². The highest BCUT2D eigenvalue weighted by atomic mass is 16.6. The van der Waals surface area contributed by atoms with Gasteiger partial charge >= 0.3 is 11.1 Å². The summed E-state index contributed by atoms with van der Waals surface area (Å²) < 4.78 is 0. The number of nitro groups is 1. The number of nitrogens with zero attached hydrogens (tertiary/aromatic N) is 2. The number of non-ortho nitro benzene ring substituents is 1. The van der Waals surface area contributed by atoms with Crippen molar-refractivity contribution in [3.63, 3.8) is 0 Å². The standard InChI is InChI=1S/C13H15N5O5/c1-17(2)10(19)6-14-5-7-3-8(18(22)23)4-9-11(7)16-13(21)12(20)15-9/h3-4,14H,5-6H2,1-2H3,(H,15,20)(H,16,21). The topological polar surface area (TPSA) is 141 Å². The van der Waals surface area contributed by atoms with Gasteiger partial charge in [-0.15, -0.1) is 0 Å². The maximum atomic E-state index is 11.5. The molecule has 1 heterocycles. The van der Waals surface area contributed by atoms with Crippen molar-refractivity contribution in [1.29, 1.82) is 0 Å². The number of carbonyl (C=O) groups excluding carboxylic acids is 1. The fourth-order valence-corrected chi connectivity index (χ4v) is 1.99. The number of hydrogen-bond donors (Lipinski definition) is 3. The van der Waals surface area contributed by atoms with E-state index in [-0.39, 0.29) is 35.7 Å². The molecule has 10 nitrogen and oxygen atoms in total. The van der Waals surface area contributed by atoms with Crippen molar-refractivity contribution < 1.29 is 9.72 Å². The molecule has 0 aliphatic rings. The van der Waals surface area contributed by atoms with Crippen LogP contribution in [-0.4, -0.2) is 46.3 Å². The second-order valence-electron chi connectivity index (χ2n) is 5.08. The van der Waals surface area contributed by atoms with E-state index in [0.717, 1.165) is 0 Å². The molecule has 0 saturated heterocycles. The number of carbonyl (C=O) groups is 1. The van der Waals surface area contributed by atoms with Crippen LogP contribution in [0.3, 0.4) is 0 Å². The first-order valence-electron chi connectivity index (χ1n) is 6.64. The van der Waals surface area contributed by atoms with Crippen LogP contribution in [0.5, 0.6) is 0 Å². The molecule has 0 aliphatic heterocycles. The summed E-state index contributed by atoms with van der Waals surface area (Å²) in [7, 11) is 3.21. The molecule has 23 heavy (non-hydrogen) atoms. The Balaban J connectivity index is 2.42. The maximum absolute atomic E-state index is 11.5. The van der Waals surface area contributed by atoms with Gasteiger partial charge in [0.05, 0.1) is 22.5 Å². The minimum atomic E-state index is -0.889. The Hall–Kier alpha value is -3.01. The van der Waals surface area contributed by atoms with Crippen LogP contribution in [0.4, 0.5) is 5.69 Å². The van der Waals surface area contributed by atoms with Crippen molar-refractivity contribution in [2.75, 3.05) is 20.6 Å². The molecule has 1 amide bonds. The van der Waals surface area contributed by atoms with Crippen LogP contribution < -0.4 is 16.4 Å². The molecule has 0 radical (unpaired) electrons. The van der Waals surface area contributed by atoms with Gasteiger partial charge in [0.25, 0.3) is 5.69 Å². The van der Waals surface area contributed by atoms with Crippen molar-refractivity contribution in [3.8, 4) is 0 Å². The van der Waals surface area contributed by atoms with Crippen LogP contribution in [0.2, 0.25) is 0 Å². The largest absolute Gasteiger partial charge is 0.348 e. The second-order valence-corrected chi connectivity index (χ2v) is 5.08. The predicted octanol–water partition coefficient (Wildman–Crippen LogP) is -0.698. The molecule has 0 saturated carbocycles. The number of hydrogen-bond acceptors (Lipinski definition) is 6. The molecule has 0 unspecified atom stereocenters. The average molecular weight is 321 g/mol. The predicted molar refractivity (Wildman–Crippen MR) is 82.2 cm³/mol. The summed E-state index contributed by atoms with van der Waals surface area (Å²) in [6.07, 6.45) is 0. The van der Waals surface area contributed by atoms with E-state index >= 15 is 0 Å². The Labute approximate surface area is 129 Å². The molecule has 0 spiro atoms. The molecule has 1 aromatic heterocycles. The number of rotatable bonds is 5. The summed E-state index contributed by atoms with van der Waals surface area (Å²) in [5.74, 6) is -0.165. The number of H-pyrrole nitrogens is 2. The first kappa shape index (κ1) is 16.4. The number of nitrogens with one attached hydrogen (secondary N) is 3. The molecule has 0 fully saturated rings. The second kappa shape index (κ2) is 6.40. The van der Waals surface area contributed by atoms with Gasteiger partial charge in [-0.2, -0.15) is 0 Å². The lowest BCUT2D eigenvalue weighted by Crippen LogP contribution is -2.33. The van der Waals surface area contributed by atoms with Crippen LogP contribution >= 0.6 is 0 Å². The van der Waals surface area contributed by atoms with E-state index in [4.69, 9.17) is 0 Å². The van der Waals surface area contributed by atoms with Gasteiger partial charge in [0.2, 0.25) is 5.91 Å².